The van der Waals surface area contributed by atoms with Crippen molar-refractivity contribution in [1.82, 2.24) is 10.6 Å². The molecule has 2 aromatic rings. The lowest BCUT2D eigenvalue weighted by Gasteiger charge is -2.37. The van der Waals surface area contributed by atoms with Crippen molar-refractivity contribution >= 4 is 29.1 Å². The SMILES string of the molecule is COc1ccc(CN[C@H]2C[C@@H](CO)[C@@H](C(=O)N[C@H](c3c(F)ccc(Cl)c3Cl)C3(C)CCCC3)C2)cc1. The molecule has 0 unspecified atom stereocenters. The van der Waals surface area contributed by atoms with Crippen LogP contribution in [0.4, 0.5) is 4.39 Å². The largest absolute Gasteiger partial charge is 0.497 e. The number of hydrogen-bond acceptors (Lipinski definition) is 4. The van der Waals surface area contributed by atoms with E-state index < -0.39 is 11.9 Å². The minimum absolute atomic E-state index is 0.0764. The molecular weight excluding hydrogens is 502 g/mol. The molecule has 2 saturated carbocycles. The van der Waals surface area contributed by atoms with Crippen LogP contribution in [-0.4, -0.2) is 30.8 Å². The number of benzene rings is 2. The summed E-state index contributed by atoms with van der Waals surface area (Å²) in [4.78, 5) is 13.6. The van der Waals surface area contributed by atoms with E-state index in [1.54, 1.807) is 7.11 Å². The average Bonchev–Trinajstić information content (AvgIpc) is 3.51. The molecule has 3 N–H and O–H groups in total. The molecule has 1 amide bonds. The molecule has 0 spiro atoms. The molecule has 4 rings (SSSR count). The van der Waals surface area contributed by atoms with E-state index >= 15 is 4.39 Å². The average molecular weight is 538 g/mol. The summed E-state index contributed by atoms with van der Waals surface area (Å²) in [6.07, 6.45) is 5.05. The first-order chi connectivity index (χ1) is 17.3. The predicted octanol–water partition coefficient (Wildman–Crippen LogP) is 6.06. The number of aliphatic hydroxyl groups excluding tert-OH is 1. The molecule has 196 valence electrons. The molecule has 2 aliphatic rings. The maximum atomic E-state index is 15.1. The zero-order chi connectivity index (χ0) is 25.9. The van der Waals surface area contributed by atoms with Crippen molar-refractivity contribution in [1.29, 1.82) is 0 Å². The summed E-state index contributed by atoms with van der Waals surface area (Å²) < 4.78 is 20.3. The van der Waals surface area contributed by atoms with Crippen molar-refractivity contribution in [3.05, 3.63) is 63.4 Å². The Labute approximate surface area is 222 Å². The third kappa shape index (κ3) is 5.83. The van der Waals surface area contributed by atoms with E-state index in [1.165, 1.54) is 12.1 Å². The highest BCUT2D eigenvalue weighted by Gasteiger charge is 2.44. The third-order valence-corrected chi connectivity index (χ3v) is 8.94. The van der Waals surface area contributed by atoms with Gasteiger partial charge in [-0.3, -0.25) is 4.79 Å². The lowest BCUT2D eigenvalue weighted by Crippen LogP contribution is -2.43. The fraction of sp³-hybridized carbons (Fsp3) is 0.536. The van der Waals surface area contributed by atoms with Gasteiger partial charge in [0.2, 0.25) is 5.91 Å². The highest BCUT2D eigenvalue weighted by molar-refractivity contribution is 6.42. The Morgan fingerprint density at radius 2 is 1.86 bits per heavy atom. The summed E-state index contributed by atoms with van der Waals surface area (Å²) in [7, 11) is 1.64. The van der Waals surface area contributed by atoms with Gasteiger partial charge in [-0.2, -0.15) is 0 Å². The second-order valence-electron chi connectivity index (χ2n) is 10.5. The topological polar surface area (TPSA) is 70.6 Å². The van der Waals surface area contributed by atoms with E-state index in [0.717, 1.165) is 37.0 Å². The smallest absolute Gasteiger partial charge is 0.224 e. The number of nitrogens with one attached hydrogen (secondary N) is 2. The molecule has 0 heterocycles. The maximum absolute atomic E-state index is 15.1. The number of methoxy groups -OCH3 is 1. The van der Waals surface area contributed by atoms with Crippen LogP contribution in [0.5, 0.6) is 5.75 Å². The van der Waals surface area contributed by atoms with E-state index in [4.69, 9.17) is 27.9 Å². The number of halogens is 3. The number of amides is 1. The van der Waals surface area contributed by atoms with Crippen LogP contribution in [0.3, 0.4) is 0 Å². The molecule has 36 heavy (non-hydrogen) atoms. The first-order valence-corrected chi connectivity index (χ1v) is 13.4. The van der Waals surface area contributed by atoms with Crippen LogP contribution in [0, 0.1) is 23.1 Å². The molecule has 0 radical (unpaired) electrons. The molecule has 2 aliphatic carbocycles. The van der Waals surface area contributed by atoms with Gasteiger partial charge in [-0.15, -0.1) is 0 Å². The van der Waals surface area contributed by atoms with Crippen LogP contribution >= 0.6 is 23.2 Å². The monoisotopic (exact) mass is 536 g/mol. The van der Waals surface area contributed by atoms with Crippen LogP contribution in [-0.2, 0) is 11.3 Å². The van der Waals surface area contributed by atoms with Crippen molar-refractivity contribution in [3.63, 3.8) is 0 Å². The minimum atomic E-state index is -0.593. The Kier molecular flexibility index (Phi) is 8.82. The number of carbonyl (C=O) groups is 1. The molecule has 5 nitrogen and oxygen atoms in total. The first-order valence-electron chi connectivity index (χ1n) is 12.7. The first kappa shape index (κ1) is 27.2. The van der Waals surface area contributed by atoms with Gasteiger partial charge in [0.05, 0.1) is 23.2 Å². The molecule has 8 heteroatoms. The Balaban J connectivity index is 1.49. The standard InChI is InChI=1S/C28H35Cl2FN2O3/c1-28(11-3-4-12-28)26(24-23(31)10-9-22(29)25(24)30)33-27(35)21-14-19(13-18(21)16-34)32-15-17-5-7-20(36-2)8-6-17/h5-10,18-19,21,26,32,34H,3-4,11-16H2,1-2H3,(H,33,35)/t18-,19-,21-,26+/m0/s1. The summed E-state index contributed by atoms with van der Waals surface area (Å²) in [6.45, 7) is 2.66. The highest BCUT2D eigenvalue weighted by Crippen LogP contribution is 2.50. The highest BCUT2D eigenvalue weighted by atomic mass is 35.5. The normalized spacial score (nSPS) is 24.0. The second-order valence-corrected chi connectivity index (χ2v) is 11.3. The summed E-state index contributed by atoms with van der Waals surface area (Å²) in [6, 6.07) is 10.1. The zero-order valence-corrected chi connectivity index (χ0v) is 22.3. The van der Waals surface area contributed by atoms with Crippen LogP contribution in [0.15, 0.2) is 36.4 Å². The molecule has 2 aromatic carbocycles. The number of ether oxygens (including phenoxy) is 1. The summed E-state index contributed by atoms with van der Waals surface area (Å²) in [5, 5.41) is 17.2. The van der Waals surface area contributed by atoms with Gasteiger partial charge >= 0.3 is 0 Å². The fourth-order valence-electron chi connectivity index (χ4n) is 5.94. The maximum Gasteiger partial charge on any atom is 0.224 e. The van der Waals surface area contributed by atoms with Crippen molar-refractivity contribution in [2.75, 3.05) is 13.7 Å². The predicted molar refractivity (Wildman–Crippen MR) is 141 cm³/mol. The van der Waals surface area contributed by atoms with Gasteiger partial charge in [-0.25, -0.2) is 4.39 Å². The van der Waals surface area contributed by atoms with Crippen molar-refractivity contribution in [2.24, 2.45) is 17.3 Å². The zero-order valence-electron chi connectivity index (χ0n) is 20.8. The van der Waals surface area contributed by atoms with Gasteiger partial charge in [-0.1, -0.05) is 55.1 Å². The molecule has 0 aliphatic heterocycles. The van der Waals surface area contributed by atoms with E-state index in [-0.39, 0.29) is 51.4 Å². The van der Waals surface area contributed by atoms with Crippen molar-refractivity contribution in [2.45, 2.75) is 64.1 Å². The van der Waals surface area contributed by atoms with Gasteiger partial charge in [0.25, 0.3) is 0 Å². The van der Waals surface area contributed by atoms with Gasteiger partial charge in [0, 0.05) is 30.7 Å². The van der Waals surface area contributed by atoms with E-state index in [1.807, 2.05) is 24.3 Å². The Hall–Kier alpha value is -1.86. The Bertz CT molecular complexity index is 1060. The summed E-state index contributed by atoms with van der Waals surface area (Å²) in [5.74, 6) is -0.381. The number of carbonyl (C=O) groups excluding carboxylic acids is 1. The number of aliphatic hydroxyl groups is 1. The fourth-order valence-corrected chi connectivity index (χ4v) is 6.37. The van der Waals surface area contributed by atoms with Crippen LogP contribution < -0.4 is 15.4 Å². The Morgan fingerprint density at radius 1 is 1.17 bits per heavy atom. The van der Waals surface area contributed by atoms with Gasteiger partial charge in [0.1, 0.15) is 11.6 Å². The van der Waals surface area contributed by atoms with Crippen LogP contribution in [0.25, 0.3) is 0 Å². The quantitative estimate of drug-likeness (QED) is 0.341. The van der Waals surface area contributed by atoms with E-state index in [0.29, 0.717) is 19.4 Å². The van der Waals surface area contributed by atoms with Crippen molar-refractivity contribution < 1.29 is 19.0 Å². The second kappa shape index (κ2) is 11.7. The third-order valence-electron chi connectivity index (χ3n) is 8.12. The van der Waals surface area contributed by atoms with Crippen LogP contribution in [0.2, 0.25) is 10.0 Å². The van der Waals surface area contributed by atoms with Gasteiger partial charge in [-0.05, 0) is 66.8 Å². The lowest BCUT2D eigenvalue weighted by atomic mass is 9.76. The lowest BCUT2D eigenvalue weighted by molar-refractivity contribution is -0.128. The Morgan fingerprint density at radius 3 is 2.50 bits per heavy atom. The summed E-state index contributed by atoms with van der Waals surface area (Å²) >= 11 is 12.7. The molecule has 0 bridgehead atoms. The molecule has 0 aromatic heterocycles. The van der Waals surface area contributed by atoms with Gasteiger partial charge in [0.15, 0.2) is 0 Å². The van der Waals surface area contributed by atoms with Gasteiger partial charge < -0.3 is 20.5 Å². The van der Waals surface area contributed by atoms with Crippen molar-refractivity contribution in [3.8, 4) is 5.75 Å². The van der Waals surface area contributed by atoms with E-state index in [9.17, 15) is 9.90 Å². The number of hydrogen-bond donors (Lipinski definition) is 3. The summed E-state index contributed by atoms with van der Waals surface area (Å²) in [5.41, 5.74) is 1.05. The molecule has 4 atom stereocenters. The molecular formula is C28H35Cl2FN2O3. The minimum Gasteiger partial charge on any atom is -0.497 e. The van der Waals surface area contributed by atoms with E-state index in [2.05, 4.69) is 17.6 Å². The number of rotatable bonds is 9. The van der Waals surface area contributed by atoms with Crippen LogP contribution in [0.1, 0.15) is 62.6 Å². The molecule has 0 saturated heterocycles. The molecule has 2 fully saturated rings.